The van der Waals surface area contributed by atoms with Crippen LogP contribution >= 0.6 is 0 Å². The summed E-state index contributed by atoms with van der Waals surface area (Å²) in [6, 6.07) is 1.03. The molecule has 1 N–H and O–H groups in total. The Bertz CT molecular complexity index is 561. The predicted octanol–water partition coefficient (Wildman–Crippen LogP) is 2.67. The molecule has 0 aliphatic carbocycles. The molecular formula is C16H26F3N5. The fourth-order valence-electron chi connectivity index (χ4n) is 2.91. The highest BCUT2D eigenvalue weighted by Crippen LogP contribution is 2.35. The second-order valence-corrected chi connectivity index (χ2v) is 6.93. The van der Waals surface area contributed by atoms with E-state index in [1.54, 1.807) is 13.8 Å². The fourth-order valence-corrected chi connectivity index (χ4v) is 2.91. The monoisotopic (exact) mass is 345 g/mol. The van der Waals surface area contributed by atoms with Crippen LogP contribution in [0.2, 0.25) is 0 Å². The summed E-state index contributed by atoms with van der Waals surface area (Å²) in [7, 11) is 4.01. The molecule has 2 unspecified atom stereocenters. The molecule has 0 saturated carbocycles. The molecule has 1 aromatic rings. The number of anilines is 1. The molecule has 5 nitrogen and oxygen atoms in total. The van der Waals surface area contributed by atoms with E-state index >= 15 is 0 Å². The third-order valence-electron chi connectivity index (χ3n) is 4.55. The lowest BCUT2D eigenvalue weighted by molar-refractivity contribution is -0.137. The number of piperazine rings is 1. The highest BCUT2D eigenvalue weighted by molar-refractivity contribution is 5.46. The van der Waals surface area contributed by atoms with Gasteiger partial charge < -0.3 is 10.2 Å². The van der Waals surface area contributed by atoms with E-state index in [1.165, 1.54) is 0 Å². The molecule has 1 aromatic heterocycles. The van der Waals surface area contributed by atoms with E-state index in [0.29, 0.717) is 5.69 Å². The van der Waals surface area contributed by atoms with Gasteiger partial charge in [-0.05, 0) is 33.0 Å². The first kappa shape index (κ1) is 18.9. The zero-order chi connectivity index (χ0) is 18.1. The van der Waals surface area contributed by atoms with Crippen LogP contribution in [0, 0.1) is 0 Å². The van der Waals surface area contributed by atoms with Crippen molar-refractivity contribution in [3.8, 4) is 0 Å². The Balaban J connectivity index is 2.25. The number of nitrogens with one attached hydrogen (secondary N) is 1. The van der Waals surface area contributed by atoms with Crippen molar-refractivity contribution in [1.29, 1.82) is 0 Å². The molecule has 1 fully saturated rings. The van der Waals surface area contributed by atoms with Gasteiger partial charge in [-0.1, -0.05) is 13.8 Å². The van der Waals surface area contributed by atoms with Crippen LogP contribution in [-0.2, 0) is 6.18 Å². The summed E-state index contributed by atoms with van der Waals surface area (Å²) in [6.07, 6.45) is -4.46. The summed E-state index contributed by atoms with van der Waals surface area (Å²) in [4.78, 5) is 4.35. The van der Waals surface area contributed by atoms with E-state index < -0.39 is 11.7 Å². The lowest BCUT2D eigenvalue weighted by atomic mass is 10.0. The number of likely N-dealkylation sites (N-methyl/N-ethyl adjacent to an activating group) is 2. The molecule has 0 spiro atoms. The molecule has 1 aliphatic heterocycles. The van der Waals surface area contributed by atoms with Crippen molar-refractivity contribution in [2.24, 2.45) is 0 Å². The number of hydrogen-bond acceptors (Lipinski definition) is 5. The largest absolute Gasteiger partial charge is 0.420 e. The van der Waals surface area contributed by atoms with Crippen LogP contribution in [0.5, 0.6) is 0 Å². The lowest BCUT2D eigenvalue weighted by Gasteiger charge is -2.41. The summed E-state index contributed by atoms with van der Waals surface area (Å²) in [5, 5.41) is 10.7. The number of hydrogen-bond donors (Lipinski definition) is 1. The van der Waals surface area contributed by atoms with Crippen LogP contribution in [-0.4, -0.2) is 65.8 Å². The molecule has 0 bridgehead atoms. The van der Waals surface area contributed by atoms with Gasteiger partial charge in [0.05, 0.1) is 5.69 Å². The maximum atomic E-state index is 13.4. The zero-order valence-corrected chi connectivity index (χ0v) is 14.9. The van der Waals surface area contributed by atoms with Crippen LogP contribution in [0.3, 0.4) is 0 Å². The van der Waals surface area contributed by atoms with E-state index in [-0.39, 0.29) is 23.8 Å². The standard InChI is InChI=1S/C16H26F3N5/c1-10(2)13-8-12(16(17,18)19)15(22-21-13)20-11(3)14-9-23(4)6-7-24(14)5/h8,10-11,14H,6-7,9H2,1-5H3,(H,20,22). The topological polar surface area (TPSA) is 44.3 Å². The molecule has 2 heterocycles. The molecule has 136 valence electrons. The van der Waals surface area contributed by atoms with Gasteiger partial charge in [-0.15, -0.1) is 5.10 Å². The van der Waals surface area contributed by atoms with Crippen molar-refractivity contribution in [2.45, 2.75) is 44.9 Å². The van der Waals surface area contributed by atoms with E-state index in [2.05, 4.69) is 25.3 Å². The van der Waals surface area contributed by atoms with E-state index in [9.17, 15) is 13.2 Å². The highest BCUT2D eigenvalue weighted by atomic mass is 19.4. The molecule has 2 atom stereocenters. The maximum Gasteiger partial charge on any atom is 0.420 e. The smallest absolute Gasteiger partial charge is 0.364 e. The predicted molar refractivity (Wildman–Crippen MR) is 88.1 cm³/mol. The van der Waals surface area contributed by atoms with Gasteiger partial charge in [-0.25, -0.2) is 0 Å². The number of nitrogens with zero attached hydrogens (tertiary/aromatic N) is 4. The molecule has 2 rings (SSSR count). The van der Waals surface area contributed by atoms with Gasteiger partial charge >= 0.3 is 6.18 Å². The molecule has 0 radical (unpaired) electrons. The first-order chi connectivity index (χ1) is 11.1. The van der Waals surface area contributed by atoms with Gasteiger partial charge in [-0.3, -0.25) is 4.90 Å². The average molecular weight is 345 g/mol. The molecule has 0 aromatic carbocycles. The van der Waals surface area contributed by atoms with Gasteiger partial charge in [0.2, 0.25) is 0 Å². The Morgan fingerprint density at radius 2 is 1.83 bits per heavy atom. The van der Waals surface area contributed by atoms with Gasteiger partial charge in [0.25, 0.3) is 0 Å². The normalized spacial score (nSPS) is 22.0. The first-order valence-electron chi connectivity index (χ1n) is 8.19. The van der Waals surface area contributed by atoms with E-state index in [1.807, 2.05) is 21.0 Å². The molecule has 1 saturated heterocycles. The van der Waals surface area contributed by atoms with Crippen LogP contribution in [0.15, 0.2) is 6.07 Å². The van der Waals surface area contributed by atoms with Gasteiger partial charge in [-0.2, -0.15) is 18.3 Å². The Morgan fingerprint density at radius 3 is 2.42 bits per heavy atom. The Morgan fingerprint density at radius 1 is 1.17 bits per heavy atom. The minimum atomic E-state index is -4.46. The molecule has 24 heavy (non-hydrogen) atoms. The van der Waals surface area contributed by atoms with Crippen LogP contribution in [0.1, 0.15) is 37.9 Å². The fraction of sp³-hybridized carbons (Fsp3) is 0.750. The van der Waals surface area contributed by atoms with Crippen LogP contribution in [0.4, 0.5) is 19.0 Å². The van der Waals surface area contributed by atoms with Gasteiger partial charge in [0, 0.05) is 31.7 Å². The molecule has 8 heteroatoms. The zero-order valence-electron chi connectivity index (χ0n) is 14.9. The quantitative estimate of drug-likeness (QED) is 0.909. The van der Waals surface area contributed by atoms with Crippen molar-refractivity contribution in [1.82, 2.24) is 20.0 Å². The van der Waals surface area contributed by atoms with Gasteiger partial charge in [0.15, 0.2) is 5.82 Å². The molecular weight excluding hydrogens is 319 g/mol. The Labute approximate surface area is 141 Å². The van der Waals surface area contributed by atoms with Crippen LogP contribution in [0.25, 0.3) is 0 Å². The van der Waals surface area contributed by atoms with Crippen molar-refractivity contribution < 1.29 is 13.2 Å². The minimum absolute atomic E-state index is 0.108. The third kappa shape index (κ3) is 4.36. The van der Waals surface area contributed by atoms with E-state index in [0.717, 1.165) is 25.7 Å². The van der Waals surface area contributed by atoms with Crippen molar-refractivity contribution in [3.63, 3.8) is 0 Å². The van der Waals surface area contributed by atoms with Gasteiger partial charge in [0.1, 0.15) is 5.56 Å². The second-order valence-electron chi connectivity index (χ2n) is 6.93. The number of alkyl halides is 3. The minimum Gasteiger partial charge on any atom is -0.364 e. The third-order valence-corrected chi connectivity index (χ3v) is 4.55. The van der Waals surface area contributed by atoms with E-state index in [4.69, 9.17) is 0 Å². The number of halogens is 3. The van der Waals surface area contributed by atoms with Crippen molar-refractivity contribution in [3.05, 3.63) is 17.3 Å². The summed E-state index contributed by atoms with van der Waals surface area (Å²) in [5.41, 5.74) is -0.407. The average Bonchev–Trinajstić information content (AvgIpc) is 2.48. The van der Waals surface area contributed by atoms with Crippen molar-refractivity contribution in [2.75, 3.05) is 39.0 Å². The summed E-state index contributed by atoms with van der Waals surface area (Å²) in [6.45, 7) is 8.12. The Kier molecular flexibility index (Phi) is 5.70. The molecule has 1 aliphatic rings. The summed E-state index contributed by atoms with van der Waals surface area (Å²) in [5.74, 6) is -0.302. The summed E-state index contributed by atoms with van der Waals surface area (Å²) < 4.78 is 40.2. The second kappa shape index (κ2) is 7.23. The lowest BCUT2D eigenvalue weighted by Crippen LogP contribution is -2.56. The number of rotatable bonds is 4. The SMILES string of the molecule is CC(C)c1cc(C(F)(F)F)c(NC(C)C2CN(C)CCN2C)nn1. The Hall–Kier alpha value is -1.41. The van der Waals surface area contributed by atoms with Crippen molar-refractivity contribution >= 4 is 5.82 Å². The van der Waals surface area contributed by atoms with Crippen LogP contribution < -0.4 is 5.32 Å². The highest BCUT2D eigenvalue weighted by Gasteiger charge is 2.37. The molecule has 0 amide bonds. The number of aromatic nitrogens is 2. The summed E-state index contributed by atoms with van der Waals surface area (Å²) >= 11 is 0. The first-order valence-corrected chi connectivity index (χ1v) is 8.19. The maximum absolute atomic E-state index is 13.4.